The van der Waals surface area contributed by atoms with Crippen LogP contribution in [0.3, 0.4) is 0 Å². The van der Waals surface area contributed by atoms with Crippen LogP contribution in [0.1, 0.15) is 17.9 Å². The van der Waals surface area contributed by atoms with Gasteiger partial charge in [-0.25, -0.2) is 9.97 Å². The lowest BCUT2D eigenvalue weighted by Crippen LogP contribution is -2.09. The number of ether oxygens (including phenoxy) is 3. The van der Waals surface area contributed by atoms with Gasteiger partial charge in [0, 0.05) is 39.1 Å². The number of nitrogens with one attached hydrogen (secondary N) is 1. The van der Waals surface area contributed by atoms with Crippen LogP contribution in [0.15, 0.2) is 6.07 Å². The summed E-state index contributed by atoms with van der Waals surface area (Å²) in [6.07, 6.45) is 0.906. The second-order valence-corrected chi connectivity index (χ2v) is 4.07. The van der Waals surface area contributed by atoms with E-state index in [4.69, 9.17) is 14.2 Å². The van der Waals surface area contributed by atoms with Crippen molar-refractivity contribution >= 4 is 5.82 Å². The minimum absolute atomic E-state index is 0.401. The van der Waals surface area contributed by atoms with Gasteiger partial charge in [-0.05, 0) is 13.3 Å². The number of aromatic nitrogens is 2. The van der Waals surface area contributed by atoms with E-state index in [0.29, 0.717) is 32.3 Å². The minimum Gasteiger partial charge on any atom is -0.385 e. The Balaban J connectivity index is 2.13. The third-order valence-electron chi connectivity index (χ3n) is 2.40. The zero-order valence-corrected chi connectivity index (χ0v) is 11.9. The van der Waals surface area contributed by atoms with Gasteiger partial charge in [0.15, 0.2) is 5.82 Å². The molecule has 0 amide bonds. The monoisotopic (exact) mass is 269 g/mol. The SMILES string of the molecule is CNc1cc(C)nc(COCCOCCCOC)n1. The predicted octanol–water partition coefficient (Wildman–Crippen LogP) is 1.40. The topological polar surface area (TPSA) is 65.5 Å². The highest BCUT2D eigenvalue weighted by atomic mass is 16.5. The van der Waals surface area contributed by atoms with Crippen molar-refractivity contribution in [1.29, 1.82) is 0 Å². The Labute approximate surface area is 114 Å². The molecule has 19 heavy (non-hydrogen) atoms. The van der Waals surface area contributed by atoms with E-state index in [2.05, 4.69) is 15.3 Å². The van der Waals surface area contributed by atoms with Crippen LogP contribution in [-0.2, 0) is 20.8 Å². The highest BCUT2D eigenvalue weighted by molar-refractivity contribution is 5.34. The van der Waals surface area contributed by atoms with E-state index < -0.39 is 0 Å². The number of aryl methyl sites for hydroxylation is 1. The number of hydrogen-bond acceptors (Lipinski definition) is 6. The fourth-order valence-corrected chi connectivity index (χ4v) is 1.51. The molecule has 0 unspecified atom stereocenters. The van der Waals surface area contributed by atoms with Gasteiger partial charge in [-0.15, -0.1) is 0 Å². The molecule has 0 aliphatic rings. The number of anilines is 1. The van der Waals surface area contributed by atoms with Gasteiger partial charge in [0.2, 0.25) is 0 Å². The third kappa shape index (κ3) is 7.05. The lowest BCUT2D eigenvalue weighted by atomic mass is 10.4. The zero-order chi connectivity index (χ0) is 13.9. The molecule has 0 aliphatic heterocycles. The molecule has 1 aromatic rings. The summed E-state index contributed by atoms with van der Waals surface area (Å²) < 4.78 is 15.8. The molecule has 0 atom stereocenters. The second kappa shape index (κ2) is 9.66. The number of rotatable bonds is 10. The Morgan fingerprint density at radius 1 is 1.11 bits per heavy atom. The Kier molecular flexibility index (Phi) is 8.04. The van der Waals surface area contributed by atoms with Crippen molar-refractivity contribution in [2.45, 2.75) is 20.0 Å². The largest absolute Gasteiger partial charge is 0.385 e. The molecule has 0 saturated heterocycles. The molecular weight excluding hydrogens is 246 g/mol. The van der Waals surface area contributed by atoms with Crippen molar-refractivity contribution in [3.8, 4) is 0 Å². The quantitative estimate of drug-likeness (QED) is 0.648. The summed E-state index contributed by atoms with van der Waals surface area (Å²) in [5.74, 6) is 1.49. The van der Waals surface area contributed by atoms with E-state index in [9.17, 15) is 0 Å². The van der Waals surface area contributed by atoms with Gasteiger partial charge in [-0.3, -0.25) is 0 Å². The normalized spacial score (nSPS) is 10.7. The molecule has 0 aromatic carbocycles. The van der Waals surface area contributed by atoms with Gasteiger partial charge in [0.05, 0.1) is 13.2 Å². The molecular formula is C13H23N3O3. The van der Waals surface area contributed by atoms with Crippen LogP contribution in [0.25, 0.3) is 0 Å². The van der Waals surface area contributed by atoms with Crippen LogP contribution >= 0.6 is 0 Å². The van der Waals surface area contributed by atoms with Crippen LogP contribution in [0, 0.1) is 6.92 Å². The first kappa shape index (κ1) is 15.8. The smallest absolute Gasteiger partial charge is 0.156 e. The summed E-state index contributed by atoms with van der Waals surface area (Å²) in [5.41, 5.74) is 0.925. The fraction of sp³-hybridized carbons (Fsp3) is 0.692. The first-order chi connectivity index (χ1) is 9.26. The highest BCUT2D eigenvalue weighted by Gasteiger charge is 2.01. The van der Waals surface area contributed by atoms with Crippen molar-refractivity contribution in [2.24, 2.45) is 0 Å². The Morgan fingerprint density at radius 2 is 1.89 bits per heavy atom. The molecule has 108 valence electrons. The molecule has 6 nitrogen and oxygen atoms in total. The van der Waals surface area contributed by atoms with Crippen LogP contribution in [0.2, 0.25) is 0 Å². The minimum atomic E-state index is 0.401. The van der Waals surface area contributed by atoms with Crippen LogP contribution < -0.4 is 5.32 Å². The summed E-state index contributed by atoms with van der Waals surface area (Å²) in [7, 11) is 3.52. The first-order valence-electron chi connectivity index (χ1n) is 6.43. The lowest BCUT2D eigenvalue weighted by Gasteiger charge is -2.07. The van der Waals surface area contributed by atoms with E-state index in [1.807, 2.05) is 20.0 Å². The van der Waals surface area contributed by atoms with Crippen molar-refractivity contribution in [3.63, 3.8) is 0 Å². The number of hydrogen-bond donors (Lipinski definition) is 1. The molecule has 1 aromatic heterocycles. The van der Waals surface area contributed by atoms with Crippen molar-refractivity contribution in [1.82, 2.24) is 9.97 Å². The summed E-state index contributed by atoms with van der Waals surface area (Å²) in [6.45, 7) is 4.88. The van der Waals surface area contributed by atoms with E-state index in [-0.39, 0.29) is 0 Å². The van der Waals surface area contributed by atoms with Gasteiger partial charge >= 0.3 is 0 Å². The van der Waals surface area contributed by atoms with Crippen LogP contribution in [0.4, 0.5) is 5.82 Å². The summed E-state index contributed by atoms with van der Waals surface area (Å²) in [4.78, 5) is 8.61. The zero-order valence-electron chi connectivity index (χ0n) is 11.9. The lowest BCUT2D eigenvalue weighted by molar-refractivity contribution is 0.0317. The summed E-state index contributed by atoms with van der Waals surface area (Å²) in [5, 5.41) is 3.00. The molecule has 0 bridgehead atoms. The number of nitrogens with zero attached hydrogens (tertiary/aromatic N) is 2. The maximum absolute atomic E-state index is 5.47. The molecule has 0 fully saturated rings. The number of methoxy groups -OCH3 is 1. The van der Waals surface area contributed by atoms with Crippen molar-refractivity contribution < 1.29 is 14.2 Å². The van der Waals surface area contributed by atoms with Crippen molar-refractivity contribution in [3.05, 3.63) is 17.6 Å². The van der Waals surface area contributed by atoms with Gasteiger partial charge in [-0.1, -0.05) is 0 Å². The van der Waals surface area contributed by atoms with E-state index in [0.717, 1.165) is 24.5 Å². The van der Waals surface area contributed by atoms with E-state index in [1.165, 1.54) is 0 Å². The summed E-state index contributed by atoms with van der Waals surface area (Å²) >= 11 is 0. The predicted molar refractivity (Wildman–Crippen MR) is 73.3 cm³/mol. The van der Waals surface area contributed by atoms with Gasteiger partial charge in [0.1, 0.15) is 12.4 Å². The maximum Gasteiger partial charge on any atom is 0.156 e. The van der Waals surface area contributed by atoms with Gasteiger partial charge < -0.3 is 19.5 Å². The van der Waals surface area contributed by atoms with Crippen molar-refractivity contribution in [2.75, 3.05) is 45.9 Å². The molecule has 1 rings (SSSR count). The standard InChI is InChI=1S/C13H23N3O3/c1-11-9-12(14-2)16-13(15-11)10-19-8-7-18-6-4-5-17-3/h9H,4-8,10H2,1-3H3,(H,14,15,16). The van der Waals surface area contributed by atoms with E-state index >= 15 is 0 Å². The Hall–Kier alpha value is -1.24. The Bertz CT molecular complexity index is 361. The third-order valence-corrected chi connectivity index (χ3v) is 2.40. The molecule has 0 radical (unpaired) electrons. The molecule has 0 saturated carbocycles. The van der Waals surface area contributed by atoms with E-state index in [1.54, 1.807) is 7.11 Å². The average Bonchev–Trinajstić information content (AvgIpc) is 2.41. The van der Waals surface area contributed by atoms with Gasteiger partial charge in [-0.2, -0.15) is 0 Å². The average molecular weight is 269 g/mol. The Morgan fingerprint density at radius 3 is 2.63 bits per heavy atom. The highest BCUT2D eigenvalue weighted by Crippen LogP contribution is 2.05. The summed E-state index contributed by atoms with van der Waals surface area (Å²) in [6, 6.07) is 1.89. The molecule has 1 heterocycles. The molecule has 6 heteroatoms. The molecule has 1 N–H and O–H groups in total. The fourth-order valence-electron chi connectivity index (χ4n) is 1.51. The van der Waals surface area contributed by atoms with Gasteiger partial charge in [0.25, 0.3) is 0 Å². The maximum atomic E-state index is 5.47. The first-order valence-corrected chi connectivity index (χ1v) is 6.43. The van der Waals surface area contributed by atoms with Crippen LogP contribution in [-0.4, -0.2) is 50.6 Å². The molecule has 0 aliphatic carbocycles. The molecule has 0 spiro atoms. The van der Waals surface area contributed by atoms with Crippen LogP contribution in [0.5, 0.6) is 0 Å². The second-order valence-electron chi connectivity index (χ2n) is 4.07.